The van der Waals surface area contributed by atoms with Crippen LogP contribution in [0, 0.1) is 10.1 Å². The Morgan fingerprint density at radius 1 is 1.12 bits per heavy atom. The molecule has 0 radical (unpaired) electrons. The van der Waals surface area contributed by atoms with Crippen molar-refractivity contribution in [2.75, 3.05) is 13.1 Å². The molecular weight excluding hydrogens is 332 g/mol. The summed E-state index contributed by atoms with van der Waals surface area (Å²) in [5.41, 5.74) is 1.58. The topological polar surface area (TPSA) is 83.7 Å². The van der Waals surface area contributed by atoms with Gasteiger partial charge in [0, 0.05) is 25.2 Å². The second-order valence-corrected chi connectivity index (χ2v) is 6.34. The van der Waals surface area contributed by atoms with E-state index in [1.165, 1.54) is 23.8 Å². The van der Waals surface area contributed by atoms with Gasteiger partial charge < -0.3 is 10.0 Å². The zero-order valence-electron chi connectivity index (χ0n) is 14.2. The number of benzene rings is 2. The lowest BCUT2D eigenvalue weighted by Crippen LogP contribution is -2.36. The third kappa shape index (κ3) is 4.08. The standard InChI is InChI=1S/C20H20N2O4/c23-18-8-5-15(6-9-18)16-11-13-21(14-12-16)20(24)10-7-17-3-1-2-4-19(17)22(25)26/h1-10,16,23H,11-14H2/b10-7+. The van der Waals surface area contributed by atoms with Crippen LogP contribution in [0.3, 0.4) is 0 Å². The molecule has 0 aliphatic carbocycles. The van der Waals surface area contributed by atoms with Crippen LogP contribution in [-0.4, -0.2) is 33.9 Å². The van der Waals surface area contributed by atoms with Gasteiger partial charge in [-0.05, 0) is 48.6 Å². The fraction of sp³-hybridized carbons (Fsp3) is 0.250. The molecule has 1 heterocycles. The zero-order valence-corrected chi connectivity index (χ0v) is 14.2. The summed E-state index contributed by atoms with van der Waals surface area (Å²) in [7, 11) is 0. The lowest BCUT2D eigenvalue weighted by Gasteiger charge is -2.31. The highest BCUT2D eigenvalue weighted by Crippen LogP contribution is 2.29. The van der Waals surface area contributed by atoms with Gasteiger partial charge in [0.1, 0.15) is 5.75 Å². The Kier molecular flexibility index (Phi) is 5.31. The number of nitrogens with zero attached hydrogens (tertiary/aromatic N) is 2. The molecule has 0 spiro atoms. The molecule has 26 heavy (non-hydrogen) atoms. The van der Waals surface area contributed by atoms with Crippen LogP contribution in [0.5, 0.6) is 5.75 Å². The Balaban J connectivity index is 1.60. The van der Waals surface area contributed by atoms with Gasteiger partial charge in [0.05, 0.1) is 10.5 Å². The van der Waals surface area contributed by atoms with E-state index in [0.29, 0.717) is 24.6 Å². The first-order valence-corrected chi connectivity index (χ1v) is 8.54. The van der Waals surface area contributed by atoms with Gasteiger partial charge in [-0.1, -0.05) is 24.3 Å². The molecule has 0 saturated carbocycles. The average molecular weight is 352 g/mol. The van der Waals surface area contributed by atoms with Gasteiger partial charge in [-0.15, -0.1) is 0 Å². The quantitative estimate of drug-likeness (QED) is 0.516. The first-order valence-electron chi connectivity index (χ1n) is 8.54. The maximum absolute atomic E-state index is 12.4. The van der Waals surface area contributed by atoms with Crippen LogP contribution in [0.1, 0.15) is 29.9 Å². The highest BCUT2D eigenvalue weighted by Gasteiger charge is 2.22. The average Bonchev–Trinajstić information content (AvgIpc) is 2.67. The van der Waals surface area contributed by atoms with E-state index in [4.69, 9.17) is 0 Å². The molecule has 1 aliphatic heterocycles. The van der Waals surface area contributed by atoms with E-state index in [1.54, 1.807) is 35.2 Å². The maximum Gasteiger partial charge on any atom is 0.276 e. The molecule has 134 valence electrons. The van der Waals surface area contributed by atoms with E-state index in [9.17, 15) is 20.0 Å². The van der Waals surface area contributed by atoms with Crippen molar-refractivity contribution >= 4 is 17.7 Å². The number of likely N-dealkylation sites (tertiary alicyclic amines) is 1. The monoisotopic (exact) mass is 352 g/mol. The van der Waals surface area contributed by atoms with Gasteiger partial charge in [-0.25, -0.2) is 0 Å². The molecule has 3 rings (SSSR count). The van der Waals surface area contributed by atoms with Crippen molar-refractivity contribution in [1.29, 1.82) is 0 Å². The van der Waals surface area contributed by atoms with E-state index in [-0.39, 0.29) is 17.3 Å². The first kappa shape index (κ1) is 17.7. The number of carbonyl (C=O) groups excluding carboxylic acids is 1. The number of hydrogen-bond donors (Lipinski definition) is 1. The predicted octanol–water partition coefficient (Wildman–Crippen LogP) is 3.72. The van der Waals surface area contributed by atoms with Crippen LogP contribution in [0.25, 0.3) is 6.08 Å². The third-order valence-corrected chi connectivity index (χ3v) is 4.71. The van der Waals surface area contributed by atoms with Gasteiger partial charge >= 0.3 is 0 Å². The zero-order chi connectivity index (χ0) is 18.5. The van der Waals surface area contributed by atoms with Gasteiger partial charge in [0.25, 0.3) is 5.69 Å². The highest BCUT2D eigenvalue weighted by molar-refractivity contribution is 5.92. The van der Waals surface area contributed by atoms with Crippen molar-refractivity contribution in [2.24, 2.45) is 0 Å². The molecule has 6 heteroatoms. The number of aromatic hydroxyl groups is 1. The van der Waals surface area contributed by atoms with Gasteiger partial charge in [-0.2, -0.15) is 0 Å². The fourth-order valence-corrected chi connectivity index (χ4v) is 3.24. The summed E-state index contributed by atoms with van der Waals surface area (Å²) in [5, 5.41) is 20.4. The molecule has 2 aromatic carbocycles. The van der Waals surface area contributed by atoms with Crippen LogP contribution in [0.4, 0.5) is 5.69 Å². The Bertz CT molecular complexity index is 822. The lowest BCUT2D eigenvalue weighted by molar-refractivity contribution is -0.385. The second kappa shape index (κ2) is 7.82. The number of amides is 1. The molecule has 0 bridgehead atoms. The summed E-state index contributed by atoms with van der Waals surface area (Å²) < 4.78 is 0. The van der Waals surface area contributed by atoms with Crippen LogP contribution >= 0.6 is 0 Å². The number of hydrogen-bond acceptors (Lipinski definition) is 4. The number of nitro groups is 1. The fourth-order valence-electron chi connectivity index (χ4n) is 3.24. The van der Waals surface area contributed by atoms with Gasteiger partial charge in [0.2, 0.25) is 5.91 Å². The predicted molar refractivity (Wildman–Crippen MR) is 98.8 cm³/mol. The molecule has 0 atom stereocenters. The summed E-state index contributed by atoms with van der Waals surface area (Å²) in [6, 6.07) is 13.6. The maximum atomic E-state index is 12.4. The number of para-hydroxylation sites is 1. The van der Waals surface area contributed by atoms with E-state index in [1.807, 2.05) is 12.1 Å². The Morgan fingerprint density at radius 3 is 2.42 bits per heavy atom. The molecular formula is C20H20N2O4. The first-order chi connectivity index (χ1) is 12.5. The molecule has 0 aromatic heterocycles. The summed E-state index contributed by atoms with van der Waals surface area (Å²) in [6.45, 7) is 1.29. The Labute approximate surface area is 151 Å². The van der Waals surface area contributed by atoms with Crippen molar-refractivity contribution in [1.82, 2.24) is 4.90 Å². The third-order valence-electron chi connectivity index (χ3n) is 4.71. The summed E-state index contributed by atoms with van der Waals surface area (Å²) >= 11 is 0. The molecule has 2 aromatic rings. The number of carbonyl (C=O) groups is 1. The largest absolute Gasteiger partial charge is 0.508 e. The minimum absolute atomic E-state index is 0.0115. The van der Waals surface area contributed by atoms with E-state index in [2.05, 4.69) is 0 Å². The SMILES string of the molecule is O=C(/C=C/c1ccccc1[N+](=O)[O-])N1CCC(c2ccc(O)cc2)CC1. The lowest BCUT2D eigenvalue weighted by atomic mass is 9.89. The molecule has 1 amide bonds. The van der Waals surface area contributed by atoms with Crippen molar-refractivity contribution < 1.29 is 14.8 Å². The van der Waals surface area contributed by atoms with Gasteiger partial charge in [0.15, 0.2) is 0 Å². The van der Waals surface area contributed by atoms with Gasteiger partial charge in [-0.3, -0.25) is 14.9 Å². The second-order valence-electron chi connectivity index (χ2n) is 6.34. The Morgan fingerprint density at radius 2 is 1.77 bits per heavy atom. The molecule has 0 unspecified atom stereocenters. The summed E-state index contributed by atoms with van der Waals surface area (Å²) in [4.78, 5) is 24.7. The van der Waals surface area contributed by atoms with E-state index in [0.717, 1.165) is 12.8 Å². The van der Waals surface area contributed by atoms with Crippen LogP contribution in [0.15, 0.2) is 54.6 Å². The molecule has 6 nitrogen and oxygen atoms in total. The van der Waals surface area contributed by atoms with Crippen molar-refractivity contribution in [3.05, 3.63) is 75.8 Å². The summed E-state index contributed by atoms with van der Waals surface area (Å²) in [5.74, 6) is 0.493. The van der Waals surface area contributed by atoms with Crippen molar-refractivity contribution in [3.63, 3.8) is 0 Å². The highest BCUT2D eigenvalue weighted by atomic mass is 16.6. The molecule has 1 fully saturated rings. The smallest absolute Gasteiger partial charge is 0.276 e. The number of piperidine rings is 1. The minimum atomic E-state index is -0.451. The van der Waals surface area contributed by atoms with Crippen LogP contribution < -0.4 is 0 Å². The normalized spacial score (nSPS) is 15.3. The molecule has 1 saturated heterocycles. The van der Waals surface area contributed by atoms with Crippen LogP contribution in [-0.2, 0) is 4.79 Å². The number of phenols is 1. The van der Waals surface area contributed by atoms with Crippen molar-refractivity contribution in [3.8, 4) is 5.75 Å². The number of rotatable bonds is 4. The van der Waals surface area contributed by atoms with Crippen molar-refractivity contribution in [2.45, 2.75) is 18.8 Å². The summed E-state index contributed by atoms with van der Waals surface area (Å²) in [6.07, 6.45) is 4.63. The number of phenolic OH excluding ortho intramolecular Hbond substituents is 1. The van der Waals surface area contributed by atoms with Crippen LogP contribution in [0.2, 0.25) is 0 Å². The van der Waals surface area contributed by atoms with E-state index < -0.39 is 4.92 Å². The Hall–Kier alpha value is -3.15. The van der Waals surface area contributed by atoms with E-state index >= 15 is 0 Å². The molecule has 1 N–H and O–H groups in total. The molecule has 1 aliphatic rings. The number of nitro benzene ring substituents is 1. The minimum Gasteiger partial charge on any atom is -0.508 e.